The Labute approximate surface area is 142 Å². The molecule has 1 aromatic heterocycles. The molecule has 0 aliphatic heterocycles. The molecule has 0 aliphatic carbocycles. The first-order chi connectivity index (χ1) is 11.0. The van der Waals surface area contributed by atoms with Crippen LogP contribution in [0.25, 0.3) is 11.3 Å². The Kier molecular flexibility index (Phi) is 6.16. The fourth-order valence-electron chi connectivity index (χ4n) is 2.11. The van der Waals surface area contributed by atoms with Gasteiger partial charge in [0, 0.05) is 28.6 Å². The lowest BCUT2D eigenvalue weighted by molar-refractivity contribution is -0.118. The fourth-order valence-corrected chi connectivity index (χ4v) is 2.97. The quantitative estimate of drug-likeness (QED) is 0.708. The van der Waals surface area contributed by atoms with E-state index in [1.807, 2.05) is 38.1 Å². The van der Waals surface area contributed by atoms with Crippen molar-refractivity contribution in [2.45, 2.75) is 40.5 Å². The van der Waals surface area contributed by atoms with Gasteiger partial charge in [0.1, 0.15) is 0 Å². The van der Waals surface area contributed by atoms with Gasteiger partial charge in [0.05, 0.1) is 5.69 Å². The summed E-state index contributed by atoms with van der Waals surface area (Å²) in [6.07, 6.45) is 2.33. The minimum absolute atomic E-state index is 0.0211. The minimum atomic E-state index is -0.0211. The molecule has 0 fully saturated rings. The second kappa shape index (κ2) is 8.11. The van der Waals surface area contributed by atoms with E-state index in [-0.39, 0.29) is 11.8 Å². The van der Waals surface area contributed by atoms with Gasteiger partial charge in [-0.1, -0.05) is 39.3 Å². The van der Waals surface area contributed by atoms with E-state index in [0.29, 0.717) is 0 Å². The van der Waals surface area contributed by atoms with Gasteiger partial charge in [-0.2, -0.15) is 0 Å². The number of carbonyl (C=O) groups excluding carboxylic acids is 1. The number of aryl methyl sites for hydroxylation is 1. The third-order valence-electron chi connectivity index (χ3n) is 3.55. The number of hydrogen-bond acceptors (Lipinski definition) is 4. The monoisotopic (exact) mass is 331 g/mol. The van der Waals surface area contributed by atoms with Crippen LogP contribution in [0, 0.1) is 12.8 Å². The number of nitrogens with one attached hydrogen (secondary N) is 2. The smallest absolute Gasteiger partial charge is 0.226 e. The van der Waals surface area contributed by atoms with Gasteiger partial charge in [0.2, 0.25) is 5.91 Å². The number of benzene rings is 1. The molecule has 0 spiro atoms. The van der Waals surface area contributed by atoms with Crippen LogP contribution < -0.4 is 10.6 Å². The van der Waals surface area contributed by atoms with E-state index in [1.165, 1.54) is 11.3 Å². The molecule has 2 rings (SSSR count). The molecule has 0 saturated heterocycles. The van der Waals surface area contributed by atoms with Crippen LogP contribution in [0.1, 0.15) is 38.5 Å². The van der Waals surface area contributed by atoms with Gasteiger partial charge in [0.25, 0.3) is 0 Å². The number of unbranched alkanes of at least 4 members (excludes halogenated alkanes) is 1. The maximum absolute atomic E-state index is 11.7. The molecule has 0 aliphatic rings. The van der Waals surface area contributed by atoms with Crippen molar-refractivity contribution in [3.05, 3.63) is 29.1 Å². The van der Waals surface area contributed by atoms with Gasteiger partial charge in [-0.05, 0) is 25.5 Å². The standard InChI is InChI=1S/C18H25N3OS/c1-5-6-11-19-18-21-16(13(4)23-18)14-7-9-15(10-8-14)20-17(22)12(2)3/h7-10,12H,5-6,11H2,1-4H3,(H,19,21)(H,20,22). The van der Waals surface area contributed by atoms with Gasteiger partial charge in [-0.3, -0.25) is 4.79 Å². The summed E-state index contributed by atoms with van der Waals surface area (Å²) in [5, 5.41) is 7.26. The van der Waals surface area contributed by atoms with Crippen LogP contribution in [0.2, 0.25) is 0 Å². The summed E-state index contributed by atoms with van der Waals surface area (Å²) in [7, 11) is 0. The number of aromatic nitrogens is 1. The molecule has 0 atom stereocenters. The number of anilines is 2. The number of hydrogen-bond donors (Lipinski definition) is 2. The van der Waals surface area contributed by atoms with Gasteiger partial charge >= 0.3 is 0 Å². The second-order valence-electron chi connectivity index (χ2n) is 5.93. The first-order valence-corrected chi connectivity index (χ1v) is 8.95. The normalized spacial score (nSPS) is 10.8. The number of nitrogens with zero attached hydrogens (tertiary/aromatic N) is 1. The molecular formula is C18H25N3OS. The van der Waals surface area contributed by atoms with Gasteiger partial charge in [0.15, 0.2) is 5.13 Å². The molecule has 1 aromatic carbocycles. The predicted molar refractivity (Wildman–Crippen MR) is 99.2 cm³/mol. The highest BCUT2D eigenvalue weighted by atomic mass is 32.1. The zero-order valence-corrected chi connectivity index (χ0v) is 15.1. The first-order valence-electron chi connectivity index (χ1n) is 8.13. The SMILES string of the molecule is CCCCNc1nc(-c2ccc(NC(=O)C(C)C)cc2)c(C)s1. The van der Waals surface area contributed by atoms with Crippen LogP contribution in [0.3, 0.4) is 0 Å². The highest BCUT2D eigenvalue weighted by molar-refractivity contribution is 7.16. The van der Waals surface area contributed by atoms with Crippen molar-refractivity contribution >= 4 is 28.1 Å². The predicted octanol–water partition coefficient (Wildman–Crippen LogP) is 4.93. The van der Waals surface area contributed by atoms with Crippen LogP contribution in [-0.2, 0) is 4.79 Å². The lowest BCUT2D eigenvalue weighted by Crippen LogP contribution is -2.17. The van der Waals surface area contributed by atoms with Gasteiger partial charge in [-0.25, -0.2) is 4.98 Å². The Morgan fingerprint density at radius 1 is 1.26 bits per heavy atom. The summed E-state index contributed by atoms with van der Waals surface area (Å²) in [4.78, 5) is 17.6. The Balaban J connectivity index is 2.08. The molecule has 23 heavy (non-hydrogen) atoms. The molecule has 124 valence electrons. The molecule has 2 aromatic rings. The van der Waals surface area contributed by atoms with E-state index in [4.69, 9.17) is 4.98 Å². The van der Waals surface area contributed by atoms with Crippen molar-refractivity contribution in [3.8, 4) is 11.3 Å². The van der Waals surface area contributed by atoms with E-state index in [1.54, 1.807) is 11.3 Å². The topological polar surface area (TPSA) is 54.0 Å². The van der Waals surface area contributed by atoms with E-state index in [2.05, 4.69) is 24.5 Å². The van der Waals surface area contributed by atoms with Crippen molar-refractivity contribution in [1.82, 2.24) is 4.98 Å². The number of carbonyl (C=O) groups is 1. The molecular weight excluding hydrogens is 306 g/mol. The van der Waals surface area contributed by atoms with Crippen molar-refractivity contribution in [3.63, 3.8) is 0 Å². The lowest BCUT2D eigenvalue weighted by Gasteiger charge is -2.08. The number of amides is 1. The first kappa shape index (κ1) is 17.5. The van der Waals surface area contributed by atoms with Gasteiger partial charge < -0.3 is 10.6 Å². The third kappa shape index (κ3) is 4.79. The maximum atomic E-state index is 11.7. The highest BCUT2D eigenvalue weighted by Gasteiger charge is 2.11. The van der Waals surface area contributed by atoms with Crippen molar-refractivity contribution in [1.29, 1.82) is 0 Å². The van der Waals surface area contributed by atoms with Gasteiger partial charge in [-0.15, -0.1) is 11.3 Å². The molecule has 5 heteroatoms. The van der Waals surface area contributed by atoms with Crippen molar-refractivity contribution in [2.75, 3.05) is 17.2 Å². The molecule has 1 amide bonds. The van der Waals surface area contributed by atoms with Crippen LogP contribution in [-0.4, -0.2) is 17.4 Å². The fraction of sp³-hybridized carbons (Fsp3) is 0.444. The van der Waals surface area contributed by atoms with Crippen LogP contribution >= 0.6 is 11.3 Å². The summed E-state index contributed by atoms with van der Waals surface area (Å²) in [6, 6.07) is 7.87. The molecule has 0 unspecified atom stereocenters. The summed E-state index contributed by atoms with van der Waals surface area (Å²) in [5.74, 6) is 0.0113. The Morgan fingerprint density at radius 2 is 1.96 bits per heavy atom. The molecule has 0 bridgehead atoms. The van der Waals surface area contributed by atoms with E-state index in [0.717, 1.165) is 35.0 Å². The Bertz CT molecular complexity index is 647. The third-order valence-corrected chi connectivity index (χ3v) is 4.48. The lowest BCUT2D eigenvalue weighted by atomic mass is 10.1. The van der Waals surface area contributed by atoms with Crippen LogP contribution in [0.15, 0.2) is 24.3 Å². The molecule has 0 radical (unpaired) electrons. The highest BCUT2D eigenvalue weighted by Crippen LogP contribution is 2.31. The minimum Gasteiger partial charge on any atom is -0.361 e. The average molecular weight is 331 g/mol. The molecule has 2 N–H and O–H groups in total. The van der Waals surface area contributed by atoms with Crippen LogP contribution in [0.4, 0.5) is 10.8 Å². The Hall–Kier alpha value is -1.88. The maximum Gasteiger partial charge on any atom is 0.226 e. The second-order valence-corrected chi connectivity index (χ2v) is 7.13. The number of thiazole rings is 1. The summed E-state index contributed by atoms with van der Waals surface area (Å²) in [6.45, 7) is 9.00. The molecule has 1 heterocycles. The van der Waals surface area contributed by atoms with Crippen LogP contribution in [0.5, 0.6) is 0 Å². The van der Waals surface area contributed by atoms with E-state index >= 15 is 0 Å². The molecule has 0 saturated carbocycles. The summed E-state index contributed by atoms with van der Waals surface area (Å²) >= 11 is 1.69. The largest absolute Gasteiger partial charge is 0.361 e. The Morgan fingerprint density at radius 3 is 2.57 bits per heavy atom. The number of rotatable bonds is 7. The van der Waals surface area contributed by atoms with Crippen molar-refractivity contribution < 1.29 is 4.79 Å². The summed E-state index contributed by atoms with van der Waals surface area (Å²) in [5.41, 5.74) is 2.90. The summed E-state index contributed by atoms with van der Waals surface area (Å²) < 4.78 is 0. The zero-order chi connectivity index (χ0) is 16.8. The van der Waals surface area contributed by atoms with Crippen molar-refractivity contribution in [2.24, 2.45) is 5.92 Å². The zero-order valence-electron chi connectivity index (χ0n) is 14.3. The van der Waals surface area contributed by atoms with E-state index in [9.17, 15) is 4.79 Å². The average Bonchev–Trinajstić information content (AvgIpc) is 2.89. The van der Waals surface area contributed by atoms with E-state index < -0.39 is 0 Å². The molecule has 4 nitrogen and oxygen atoms in total.